The highest BCUT2D eigenvalue weighted by Gasteiger charge is 2.30. The zero-order valence-corrected chi connectivity index (χ0v) is 16.9. The van der Waals surface area contributed by atoms with Gasteiger partial charge in [0.25, 0.3) is 5.56 Å². The molecule has 29 heavy (non-hydrogen) atoms. The second-order valence-electron chi connectivity index (χ2n) is 7.99. The molecule has 1 aliphatic rings. The number of rotatable bonds is 7. The summed E-state index contributed by atoms with van der Waals surface area (Å²) in [4.78, 5) is 37.0. The first kappa shape index (κ1) is 21.0. The second kappa shape index (κ2) is 9.15. The van der Waals surface area contributed by atoms with Crippen LogP contribution in [-0.2, 0) is 9.59 Å². The summed E-state index contributed by atoms with van der Waals surface area (Å²) >= 11 is 0. The lowest BCUT2D eigenvalue weighted by atomic mass is 9.82. The van der Waals surface area contributed by atoms with Crippen molar-refractivity contribution < 1.29 is 14.7 Å². The molecule has 1 aromatic carbocycles. The van der Waals surface area contributed by atoms with Gasteiger partial charge in [0.2, 0.25) is 5.91 Å². The van der Waals surface area contributed by atoms with Gasteiger partial charge in [0.1, 0.15) is 11.6 Å². The molecule has 1 aliphatic carbocycles. The Balaban J connectivity index is 1.74. The third-order valence-corrected chi connectivity index (χ3v) is 6.07. The Morgan fingerprint density at radius 1 is 1.24 bits per heavy atom. The molecule has 156 valence electrons. The molecular formula is C21H28N4O4. The van der Waals surface area contributed by atoms with Crippen molar-refractivity contribution in [2.45, 2.75) is 52.0 Å². The molecule has 0 radical (unpaired) electrons. The zero-order chi connectivity index (χ0) is 21.0. The maximum atomic E-state index is 13.0. The minimum absolute atomic E-state index is 0.0918. The van der Waals surface area contributed by atoms with Gasteiger partial charge in [-0.3, -0.25) is 14.4 Å². The predicted octanol–water partition coefficient (Wildman–Crippen LogP) is 2.39. The summed E-state index contributed by atoms with van der Waals surface area (Å²) in [5.74, 6) is -1.09. The number of hydrogen-bond acceptors (Lipinski definition) is 5. The standard InChI is InChI=1S/C21H28N4O4/c1-3-13(2)18(25-20(27)16-6-4-5-7-17(16)23-24-25)19(26)22-12-14-8-10-15(11-9-14)21(28)29/h4-7,13-15,18H,3,8-12H2,1-2H3,(H,22,26)(H,28,29)/t13-,14?,15?,18+/m1/s1. The van der Waals surface area contributed by atoms with Crippen LogP contribution in [0.2, 0.25) is 0 Å². The molecule has 2 atom stereocenters. The van der Waals surface area contributed by atoms with Gasteiger partial charge in [-0.25, -0.2) is 0 Å². The molecule has 1 saturated carbocycles. The normalized spacial score (nSPS) is 21.4. The lowest BCUT2D eigenvalue weighted by Gasteiger charge is -2.28. The molecule has 8 nitrogen and oxygen atoms in total. The smallest absolute Gasteiger partial charge is 0.306 e. The first-order valence-electron chi connectivity index (χ1n) is 10.3. The SMILES string of the molecule is CC[C@@H](C)[C@@H](C(=O)NCC1CCC(C(=O)O)CC1)n1nnc2ccccc2c1=O. The summed E-state index contributed by atoms with van der Waals surface area (Å²) in [5.41, 5.74) is 0.185. The van der Waals surface area contributed by atoms with Gasteiger partial charge in [-0.2, -0.15) is 4.68 Å². The minimum Gasteiger partial charge on any atom is -0.481 e. The molecule has 0 unspecified atom stereocenters. The summed E-state index contributed by atoms with van der Waals surface area (Å²) < 4.78 is 1.20. The van der Waals surface area contributed by atoms with E-state index in [1.165, 1.54) is 4.68 Å². The van der Waals surface area contributed by atoms with Crippen LogP contribution in [-0.4, -0.2) is 38.5 Å². The Morgan fingerprint density at radius 3 is 2.59 bits per heavy atom. The number of amides is 1. The van der Waals surface area contributed by atoms with Gasteiger partial charge < -0.3 is 10.4 Å². The maximum Gasteiger partial charge on any atom is 0.306 e. The molecule has 2 aromatic rings. The molecule has 0 aliphatic heterocycles. The van der Waals surface area contributed by atoms with Crippen LogP contribution in [0.25, 0.3) is 10.9 Å². The fourth-order valence-electron chi connectivity index (χ4n) is 3.98. The van der Waals surface area contributed by atoms with E-state index in [0.717, 1.165) is 12.8 Å². The van der Waals surface area contributed by atoms with E-state index in [2.05, 4.69) is 15.6 Å². The number of carboxylic acids is 1. The number of carboxylic acid groups (broad SMARTS) is 1. The highest BCUT2D eigenvalue weighted by Crippen LogP contribution is 2.28. The fourth-order valence-corrected chi connectivity index (χ4v) is 3.98. The summed E-state index contributed by atoms with van der Waals surface area (Å²) in [7, 11) is 0. The Labute approximate surface area is 169 Å². The van der Waals surface area contributed by atoms with Crippen LogP contribution in [0.5, 0.6) is 0 Å². The summed E-state index contributed by atoms with van der Waals surface area (Å²) in [6.45, 7) is 4.37. The molecule has 3 rings (SSSR count). The Hall–Kier alpha value is -2.77. The number of aliphatic carboxylic acids is 1. The van der Waals surface area contributed by atoms with Gasteiger partial charge in [-0.1, -0.05) is 37.6 Å². The maximum absolute atomic E-state index is 13.0. The number of fused-ring (bicyclic) bond motifs is 1. The average Bonchev–Trinajstić information content (AvgIpc) is 2.74. The number of hydrogen-bond donors (Lipinski definition) is 2. The van der Waals surface area contributed by atoms with Crippen LogP contribution in [0.3, 0.4) is 0 Å². The highest BCUT2D eigenvalue weighted by atomic mass is 16.4. The molecule has 1 aromatic heterocycles. The molecule has 0 bridgehead atoms. The monoisotopic (exact) mass is 400 g/mol. The predicted molar refractivity (Wildman–Crippen MR) is 108 cm³/mol. The van der Waals surface area contributed by atoms with Crippen LogP contribution in [0.15, 0.2) is 29.1 Å². The number of carbonyl (C=O) groups excluding carboxylic acids is 1. The third kappa shape index (κ3) is 4.63. The molecule has 0 saturated heterocycles. The first-order valence-corrected chi connectivity index (χ1v) is 10.3. The summed E-state index contributed by atoms with van der Waals surface area (Å²) in [5, 5.41) is 20.7. The number of nitrogens with one attached hydrogen (secondary N) is 1. The van der Waals surface area contributed by atoms with Gasteiger partial charge in [0.15, 0.2) is 0 Å². The van der Waals surface area contributed by atoms with E-state index < -0.39 is 12.0 Å². The number of carbonyl (C=O) groups is 2. The van der Waals surface area contributed by atoms with E-state index in [4.69, 9.17) is 5.11 Å². The molecule has 0 spiro atoms. The van der Waals surface area contributed by atoms with E-state index in [1.54, 1.807) is 24.3 Å². The van der Waals surface area contributed by atoms with E-state index in [0.29, 0.717) is 36.7 Å². The quantitative estimate of drug-likeness (QED) is 0.738. The van der Waals surface area contributed by atoms with Crippen LogP contribution in [0, 0.1) is 17.8 Å². The van der Waals surface area contributed by atoms with Crippen LogP contribution >= 0.6 is 0 Å². The van der Waals surface area contributed by atoms with E-state index in [9.17, 15) is 14.4 Å². The molecule has 1 heterocycles. The number of benzene rings is 1. The Morgan fingerprint density at radius 2 is 1.93 bits per heavy atom. The van der Waals surface area contributed by atoms with E-state index in [-0.39, 0.29) is 29.2 Å². The third-order valence-electron chi connectivity index (χ3n) is 6.07. The Bertz CT molecular complexity index is 934. The number of nitrogens with zero attached hydrogens (tertiary/aromatic N) is 3. The van der Waals surface area contributed by atoms with Crippen molar-refractivity contribution >= 4 is 22.8 Å². The molecule has 2 N–H and O–H groups in total. The molecular weight excluding hydrogens is 372 g/mol. The fraction of sp³-hybridized carbons (Fsp3) is 0.571. The van der Waals surface area contributed by atoms with Crippen molar-refractivity contribution in [1.29, 1.82) is 0 Å². The molecule has 1 fully saturated rings. The second-order valence-corrected chi connectivity index (χ2v) is 7.99. The first-order chi connectivity index (χ1) is 13.9. The topological polar surface area (TPSA) is 114 Å². The van der Waals surface area contributed by atoms with Crippen molar-refractivity contribution in [1.82, 2.24) is 20.3 Å². The highest BCUT2D eigenvalue weighted by molar-refractivity contribution is 5.81. The van der Waals surface area contributed by atoms with Crippen molar-refractivity contribution in [2.24, 2.45) is 17.8 Å². The van der Waals surface area contributed by atoms with Crippen molar-refractivity contribution in [3.8, 4) is 0 Å². The van der Waals surface area contributed by atoms with Crippen LogP contribution in [0.4, 0.5) is 0 Å². The average molecular weight is 400 g/mol. The van der Waals surface area contributed by atoms with Gasteiger partial charge in [-0.05, 0) is 49.7 Å². The van der Waals surface area contributed by atoms with Crippen molar-refractivity contribution in [3.63, 3.8) is 0 Å². The molecule has 8 heteroatoms. The minimum atomic E-state index is -0.737. The van der Waals surface area contributed by atoms with Crippen LogP contribution in [0.1, 0.15) is 52.0 Å². The Kier molecular flexibility index (Phi) is 6.61. The van der Waals surface area contributed by atoms with Crippen LogP contribution < -0.4 is 10.9 Å². The van der Waals surface area contributed by atoms with Gasteiger partial charge >= 0.3 is 5.97 Å². The van der Waals surface area contributed by atoms with Gasteiger partial charge in [0, 0.05) is 6.54 Å². The lowest BCUT2D eigenvalue weighted by molar-refractivity contribution is -0.143. The van der Waals surface area contributed by atoms with Crippen molar-refractivity contribution in [2.75, 3.05) is 6.54 Å². The molecule has 1 amide bonds. The number of aromatic nitrogens is 3. The van der Waals surface area contributed by atoms with E-state index >= 15 is 0 Å². The van der Waals surface area contributed by atoms with Gasteiger partial charge in [-0.15, -0.1) is 5.10 Å². The van der Waals surface area contributed by atoms with E-state index in [1.807, 2.05) is 13.8 Å². The summed E-state index contributed by atoms with van der Waals surface area (Å²) in [6, 6.07) is 6.23. The van der Waals surface area contributed by atoms with Gasteiger partial charge in [0.05, 0.1) is 11.3 Å². The zero-order valence-electron chi connectivity index (χ0n) is 16.9. The lowest BCUT2D eigenvalue weighted by Crippen LogP contribution is -2.43. The largest absolute Gasteiger partial charge is 0.481 e. The van der Waals surface area contributed by atoms with Crippen molar-refractivity contribution in [3.05, 3.63) is 34.6 Å². The summed E-state index contributed by atoms with van der Waals surface area (Å²) in [6.07, 6.45) is 3.55.